The Morgan fingerprint density at radius 1 is 1.62 bits per heavy atom. The van der Waals surface area contributed by atoms with Crippen molar-refractivity contribution in [1.29, 1.82) is 0 Å². The summed E-state index contributed by atoms with van der Waals surface area (Å²) in [5.74, 6) is 0.181. The van der Waals surface area contributed by atoms with Gasteiger partial charge in [0.2, 0.25) is 5.88 Å². The molecule has 2 heterocycles. The van der Waals surface area contributed by atoms with Crippen molar-refractivity contribution in [2.24, 2.45) is 0 Å². The summed E-state index contributed by atoms with van der Waals surface area (Å²) in [5, 5.41) is 15.8. The largest absolute Gasteiger partial charge is 0.476 e. The topological polar surface area (TPSA) is 72.3 Å². The molecule has 0 bridgehead atoms. The van der Waals surface area contributed by atoms with Gasteiger partial charge < -0.3 is 9.84 Å². The van der Waals surface area contributed by atoms with Crippen molar-refractivity contribution in [1.82, 2.24) is 10.2 Å². The molecule has 2 rings (SSSR count). The third kappa shape index (κ3) is 1.57. The molecule has 1 aliphatic rings. The number of hydrogen-bond acceptors (Lipinski definition) is 5. The van der Waals surface area contributed by atoms with E-state index < -0.39 is 5.97 Å². The second kappa shape index (κ2) is 3.21. The van der Waals surface area contributed by atoms with E-state index in [-0.39, 0.29) is 5.69 Å². The highest BCUT2D eigenvalue weighted by Gasteiger charge is 2.16. The zero-order chi connectivity index (χ0) is 9.26. The number of rotatable bonds is 1. The lowest BCUT2D eigenvalue weighted by atomic mass is 10.4. The van der Waals surface area contributed by atoms with Gasteiger partial charge in [0.05, 0.1) is 11.5 Å². The van der Waals surface area contributed by atoms with Crippen molar-refractivity contribution in [2.45, 2.75) is 4.90 Å². The number of aromatic nitrogens is 2. The lowest BCUT2D eigenvalue weighted by Crippen LogP contribution is -2.11. The molecule has 1 N–H and O–H groups in total. The minimum atomic E-state index is -1.07. The first-order valence-electron chi connectivity index (χ1n) is 3.64. The minimum Gasteiger partial charge on any atom is -0.476 e. The van der Waals surface area contributed by atoms with Crippen LogP contribution in [0.5, 0.6) is 5.88 Å². The van der Waals surface area contributed by atoms with Gasteiger partial charge in [-0.1, -0.05) is 0 Å². The van der Waals surface area contributed by atoms with Crippen LogP contribution >= 0.6 is 11.8 Å². The molecule has 0 amide bonds. The standard InChI is InChI=1S/C7H6N2O3S/c10-7(11)4-3-5-6(9-8-4)12-1-2-13-5/h3H,1-2H2,(H,10,11). The molecule has 0 fully saturated rings. The second-order valence-corrected chi connectivity index (χ2v) is 3.54. The molecule has 0 saturated carbocycles. The molecule has 13 heavy (non-hydrogen) atoms. The number of carboxylic acid groups (broad SMARTS) is 1. The van der Waals surface area contributed by atoms with Gasteiger partial charge in [-0.05, 0) is 6.07 Å². The third-order valence-corrected chi connectivity index (χ3v) is 2.50. The highest BCUT2D eigenvalue weighted by atomic mass is 32.2. The minimum absolute atomic E-state index is 0.0447. The van der Waals surface area contributed by atoms with Crippen LogP contribution in [0.4, 0.5) is 0 Å². The van der Waals surface area contributed by atoms with E-state index in [1.165, 1.54) is 17.8 Å². The molecule has 1 aliphatic heterocycles. The van der Waals surface area contributed by atoms with Gasteiger partial charge >= 0.3 is 5.97 Å². The zero-order valence-corrected chi connectivity index (χ0v) is 7.37. The Morgan fingerprint density at radius 3 is 3.23 bits per heavy atom. The summed E-state index contributed by atoms with van der Waals surface area (Å²) < 4.78 is 5.17. The van der Waals surface area contributed by atoms with E-state index in [9.17, 15) is 4.79 Å². The summed E-state index contributed by atoms with van der Waals surface area (Å²) >= 11 is 1.53. The fourth-order valence-electron chi connectivity index (χ4n) is 0.961. The molecule has 1 aromatic rings. The molecule has 0 aliphatic carbocycles. The molecule has 68 valence electrons. The van der Waals surface area contributed by atoms with Crippen molar-refractivity contribution in [2.75, 3.05) is 12.4 Å². The van der Waals surface area contributed by atoms with Gasteiger partial charge in [-0.3, -0.25) is 0 Å². The monoisotopic (exact) mass is 198 g/mol. The quantitative estimate of drug-likeness (QED) is 0.714. The third-order valence-electron chi connectivity index (χ3n) is 1.53. The van der Waals surface area contributed by atoms with E-state index in [2.05, 4.69) is 10.2 Å². The number of hydrogen-bond donors (Lipinski definition) is 1. The Bertz CT molecular complexity index is 356. The number of nitrogens with zero attached hydrogens (tertiary/aromatic N) is 2. The Balaban J connectivity index is 2.40. The molecule has 5 nitrogen and oxygen atoms in total. The first kappa shape index (κ1) is 8.31. The Hall–Kier alpha value is -1.30. The summed E-state index contributed by atoms with van der Waals surface area (Å²) in [6, 6.07) is 1.48. The van der Waals surface area contributed by atoms with Crippen LogP contribution in [0.25, 0.3) is 0 Å². The summed E-state index contributed by atoms with van der Waals surface area (Å²) in [6.07, 6.45) is 0. The van der Waals surface area contributed by atoms with Crippen molar-refractivity contribution in [3.05, 3.63) is 11.8 Å². The summed E-state index contributed by atoms with van der Waals surface area (Å²) in [4.78, 5) is 11.3. The van der Waals surface area contributed by atoms with Crippen molar-refractivity contribution in [3.8, 4) is 5.88 Å². The molecule has 1 aromatic heterocycles. The second-order valence-electron chi connectivity index (χ2n) is 2.40. The molecule has 0 radical (unpaired) electrons. The van der Waals surface area contributed by atoms with E-state index in [0.717, 1.165) is 10.6 Å². The average Bonchev–Trinajstić information content (AvgIpc) is 2.17. The summed E-state index contributed by atoms with van der Waals surface area (Å²) in [5.41, 5.74) is -0.0447. The first-order chi connectivity index (χ1) is 6.27. The van der Waals surface area contributed by atoms with E-state index in [4.69, 9.17) is 9.84 Å². The number of carboxylic acids is 1. The molecular formula is C7H6N2O3S. The van der Waals surface area contributed by atoms with E-state index >= 15 is 0 Å². The number of ether oxygens (including phenoxy) is 1. The van der Waals surface area contributed by atoms with Gasteiger partial charge in [0.15, 0.2) is 5.69 Å². The number of carbonyl (C=O) groups is 1. The fourth-order valence-corrected chi connectivity index (χ4v) is 1.77. The van der Waals surface area contributed by atoms with Crippen LogP contribution < -0.4 is 4.74 Å². The summed E-state index contributed by atoms with van der Waals surface area (Å²) in [6.45, 7) is 0.596. The molecular weight excluding hydrogens is 192 g/mol. The number of fused-ring (bicyclic) bond motifs is 1. The van der Waals surface area contributed by atoms with E-state index in [0.29, 0.717) is 12.5 Å². The van der Waals surface area contributed by atoms with Gasteiger partial charge in [-0.25, -0.2) is 4.79 Å². The van der Waals surface area contributed by atoms with Crippen LogP contribution in [0.15, 0.2) is 11.0 Å². The fraction of sp³-hybridized carbons (Fsp3) is 0.286. The van der Waals surface area contributed by atoms with Crippen LogP contribution in [0.3, 0.4) is 0 Å². The normalized spacial score (nSPS) is 14.5. The van der Waals surface area contributed by atoms with Crippen LogP contribution in [-0.2, 0) is 0 Å². The van der Waals surface area contributed by atoms with Crippen LogP contribution in [0.2, 0.25) is 0 Å². The molecule has 0 atom stereocenters. The first-order valence-corrected chi connectivity index (χ1v) is 4.62. The zero-order valence-electron chi connectivity index (χ0n) is 6.56. The molecule has 0 saturated heterocycles. The smallest absolute Gasteiger partial charge is 0.356 e. The number of aromatic carboxylic acids is 1. The molecule has 0 unspecified atom stereocenters. The highest BCUT2D eigenvalue weighted by molar-refractivity contribution is 7.99. The van der Waals surface area contributed by atoms with Gasteiger partial charge in [-0.15, -0.1) is 22.0 Å². The van der Waals surface area contributed by atoms with Crippen LogP contribution in [0.1, 0.15) is 10.5 Å². The van der Waals surface area contributed by atoms with Gasteiger partial charge in [0, 0.05) is 5.75 Å². The van der Waals surface area contributed by atoms with Gasteiger partial charge in [-0.2, -0.15) is 0 Å². The predicted octanol–water partition coefficient (Wildman–Crippen LogP) is 0.659. The Morgan fingerprint density at radius 2 is 2.46 bits per heavy atom. The molecule has 0 aromatic carbocycles. The predicted molar refractivity (Wildman–Crippen MR) is 45.2 cm³/mol. The van der Waals surface area contributed by atoms with Crippen LogP contribution in [-0.4, -0.2) is 33.6 Å². The molecule has 6 heteroatoms. The average molecular weight is 198 g/mol. The number of thioether (sulfide) groups is 1. The van der Waals surface area contributed by atoms with Crippen molar-refractivity contribution in [3.63, 3.8) is 0 Å². The lowest BCUT2D eigenvalue weighted by molar-refractivity contribution is 0.0688. The van der Waals surface area contributed by atoms with Crippen molar-refractivity contribution >= 4 is 17.7 Å². The lowest BCUT2D eigenvalue weighted by Gasteiger charge is -2.13. The van der Waals surface area contributed by atoms with Gasteiger partial charge in [0.25, 0.3) is 0 Å². The maximum absolute atomic E-state index is 10.5. The maximum atomic E-state index is 10.5. The summed E-state index contributed by atoms with van der Waals surface area (Å²) in [7, 11) is 0. The maximum Gasteiger partial charge on any atom is 0.356 e. The SMILES string of the molecule is O=C(O)c1cc2c(nn1)OCCS2. The van der Waals surface area contributed by atoms with Crippen LogP contribution in [0, 0.1) is 0 Å². The van der Waals surface area contributed by atoms with E-state index in [1.54, 1.807) is 0 Å². The Labute approximate surface area is 78.1 Å². The molecule has 0 spiro atoms. The Kier molecular flexibility index (Phi) is 2.05. The van der Waals surface area contributed by atoms with E-state index in [1.807, 2.05) is 0 Å². The van der Waals surface area contributed by atoms with Crippen molar-refractivity contribution < 1.29 is 14.6 Å². The van der Waals surface area contributed by atoms with Gasteiger partial charge in [0.1, 0.15) is 0 Å². The highest BCUT2D eigenvalue weighted by Crippen LogP contribution is 2.30.